The molecule has 4 unspecified atom stereocenters. The molecule has 1 aliphatic heterocycles. The fraction of sp³-hybridized carbons (Fsp3) is 0.895. The van der Waals surface area contributed by atoms with Crippen LogP contribution in [0.1, 0.15) is 74.1 Å². The average molecular weight is 324 g/mol. The van der Waals surface area contributed by atoms with Crippen LogP contribution in [0.25, 0.3) is 0 Å². The van der Waals surface area contributed by atoms with Gasteiger partial charge in [-0.1, -0.05) is 41.5 Å². The highest BCUT2D eigenvalue weighted by molar-refractivity contribution is 5.76. The fourth-order valence-electron chi connectivity index (χ4n) is 3.64. The van der Waals surface area contributed by atoms with Gasteiger partial charge in [0.05, 0.1) is 11.8 Å². The smallest absolute Gasteiger partial charge is 0.310 e. The first kappa shape index (κ1) is 18.3. The van der Waals surface area contributed by atoms with Crippen molar-refractivity contribution in [3.63, 3.8) is 0 Å². The van der Waals surface area contributed by atoms with Gasteiger partial charge < -0.3 is 9.47 Å². The Balaban J connectivity index is 2.13. The number of hydrogen-bond acceptors (Lipinski definition) is 4. The Kier molecular flexibility index (Phi) is 4.60. The average Bonchev–Trinajstić information content (AvgIpc) is 2.68. The first-order valence-electron chi connectivity index (χ1n) is 8.75. The Hall–Kier alpha value is -1.06. The standard InChI is InChI=1S/C19H32O4/c1-17(2,3)11-13(18(4,5)6)16(21)23-19(7)9-8-12-10-14(19)22-15(12)20/h12-14H,8-11H2,1-7H3. The molecule has 0 aromatic carbocycles. The fourth-order valence-corrected chi connectivity index (χ4v) is 3.64. The zero-order valence-electron chi connectivity index (χ0n) is 15.7. The van der Waals surface area contributed by atoms with E-state index in [0.717, 1.165) is 12.8 Å². The predicted molar refractivity (Wildman–Crippen MR) is 88.7 cm³/mol. The summed E-state index contributed by atoms with van der Waals surface area (Å²) in [5.41, 5.74) is -0.791. The van der Waals surface area contributed by atoms with E-state index in [9.17, 15) is 9.59 Å². The molecule has 1 aliphatic carbocycles. The van der Waals surface area contributed by atoms with Gasteiger partial charge in [-0.3, -0.25) is 9.59 Å². The lowest BCUT2D eigenvalue weighted by Crippen LogP contribution is -2.48. The van der Waals surface area contributed by atoms with Crippen molar-refractivity contribution in [3.8, 4) is 0 Å². The zero-order chi connectivity index (χ0) is 17.6. The molecule has 4 heteroatoms. The van der Waals surface area contributed by atoms with Crippen molar-refractivity contribution in [1.82, 2.24) is 0 Å². The Morgan fingerprint density at radius 1 is 1.30 bits per heavy atom. The number of ether oxygens (including phenoxy) is 2. The Morgan fingerprint density at radius 3 is 2.43 bits per heavy atom. The molecule has 4 atom stereocenters. The third-order valence-electron chi connectivity index (χ3n) is 5.24. The Labute approximate surface area is 140 Å². The van der Waals surface area contributed by atoms with E-state index >= 15 is 0 Å². The second kappa shape index (κ2) is 5.78. The zero-order valence-corrected chi connectivity index (χ0v) is 15.7. The minimum Gasteiger partial charge on any atom is -0.458 e. The number of esters is 2. The van der Waals surface area contributed by atoms with Crippen molar-refractivity contribution in [2.75, 3.05) is 0 Å². The van der Waals surface area contributed by atoms with Crippen LogP contribution in [0.4, 0.5) is 0 Å². The minimum absolute atomic E-state index is 0.000217. The minimum atomic E-state index is -0.679. The van der Waals surface area contributed by atoms with Crippen LogP contribution in [-0.4, -0.2) is 23.6 Å². The number of rotatable bonds is 3. The van der Waals surface area contributed by atoms with Crippen LogP contribution in [-0.2, 0) is 19.1 Å². The molecule has 2 bridgehead atoms. The van der Waals surface area contributed by atoms with E-state index in [2.05, 4.69) is 41.5 Å². The molecule has 0 spiro atoms. The summed E-state index contributed by atoms with van der Waals surface area (Å²) in [6.07, 6.45) is 2.62. The van der Waals surface area contributed by atoms with Gasteiger partial charge in [-0.15, -0.1) is 0 Å². The topological polar surface area (TPSA) is 52.6 Å². The molecule has 23 heavy (non-hydrogen) atoms. The van der Waals surface area contributed by atoms with Crippen molar-refractivity contribution in [3.05, 3.63) is 0 Å². The summed E-state index contributed by atoms with van der Waals surface area (Å²) >= 11 is 0. The molecule has 1 saturated carbocycles. The maximum absolute atomic E-state index is 12.9. The highest BCUT2D eigenvalue weighted by Gasteiger charge is 2.53. The van der Waals surface area contributed by atoms with Crippen LogP contribution in [0, 0.1) is 22.7 Å². The normalized spacial score (nSPS) is 32.4. The van der Waals surface area contributed by atoms with Crippen LogP contribution >= 0.6 is 0 Å². The molecule has 0 aromatic heterocycles. The van der Waals surface area contributed by atoms with E-state index < -0.39 is 5.60 Å². The molecule has 0 radical (unpaired) electrons. The third kappa shape index (κ3) is 4.07. The van der Waals surface area contributed by atoms with Crippen molar-refractivity contribution in [1.29, 1.82) is 0 Å². The van der Waals surface area contributed by atoms with Gasteiger partial charge in [-0.2, -0.15) is 0 Å². The maximum Gasteiger partial charge on any atom is 0.310 e. The Morgan fingerprint density at radius 2 is 1.91 bits per heavy atom. The van der Waals surface area contributed by atoms with Crippen LogP contribution in [0.3, 0.4) is 0 Å². The van der Waals surface area contributed by atoms with E-state index in [1.165, 1.54) is 0 Å². The second-order valence-corrected chi connectivity index (χ2v) is 9.81. The predicted octanol–water partition coefficient (Wildman–Crippen LogP) is 4.11. The van der Waals surface area contributed by atoms with E-state index in [4.69, 9.17) is 9.47 Å². The van der Waals surface area contributed by atoms with Gasteiger partial charge >= 0.3 is 11.9 Å². The van der Waals surface area contributed by atoms with Gasteiger partial charge in [0.15, 0.2) is 0 Å². The lowest BCUT2D eigenvalue weighted by atomic mass is 9.72. The quantitative estimate of drug-likeness (QED) is 0.733. The molecular weight excluding hydrogens is 292 g/mol. The van der Waals surface area contributed by atoms with Crippen LogP contribution in [0.2, 0.25) is 0 Å². The van der Waals surface area contributed by atoms with Gasteiger partial charge in [-0.05, 0) is 37.0 Å². The summed E-state index contributed by atoms with van der Waals surface area (Å²) in [6, 6.07) is 0. The van der Waals surface area contributed by atoms with Crippen molar-refractivity contribution < 1.29 is 19.1 Å². The summed E-state index contributed by atoms with van der Waals surface area (Å²) in [5.74, 6) is -0.456. The monoisotopic (exact) mass is 324 g/mol. The number of carbonyl (C=O) groups excluding carboxylic acids is 2. The van der Waals surface area contributed by atoms with E-state index in [-0.39, 0.29) is 40.7 Å². The molecule has 1 heterocycles. The molecule has 0 N–H and O–H groups in total. The molecule has 0 amide bonds. The summed E-state index contributed by atoms with van der Waals surface area (Å²) in [7, 11) is 0. The molecule has 1 saturated heterocycles. The summed E-state index contributed by atoms with van der Waals surface area (Å²) in [5, 5.41) is 0. The molecule has 2 aliphatic rings. The molecule has 0 aromatic rings. The summed E-state index contributed by atoms with van der Waals surface area (Å²) < 4.78 is 11.4. The van der Waals surface area contributed by atoms with Gasteiger partial charge in [0, 0.05) is 6.42 Å². The highest BCUT2D eigenvalue weighted by Crippen LogP contribution is 2.44. The second-order valence-electron chi connectivity index (χ2n) is 9.81. The first-order chi connectivity index (χ1) is 10.3. The van der Waals surface area contributed by atoms with Crippen LogP contribution in [0.15, 0.2) is 0 Å². The summed E-state index contributed by atoms with van der Waals surface area (Å²) in [6.45, 7) is 14.6. The molecule has 4 nitrogen and oxygen atoms in total. The first-order valence-corrected chi connectivity index (χ1v) is 8.75. The number of fused-ring (bicyclic) bond motifs is 2. The molecular formula is C19H32O4. The lowest BCUT2D eigenvalue weighted by molar-refractivity contribution is -0.185. The Bertz CT molecular complexity index is 483. The van der Waals surface area contributed by atoms with Gasteiger partial charge in [0.1, 0.15) is 11.7 Å². The summed E-state index contributed by atoms with van der Waals surface area (Å²) in [4.78, 5) is 24.7. The molecule has 2 rings (SSSR count). The molecule has 132 valence electrons. The largest absolute Gasteiger partial charge is 0.458 e. The molecule has 2 fully saturated rings. The van der Waals surface area contributed by atoms with Gasteiger partial charge in [0.25, 0.3) is 0 Å². The highest BCUT2D eigenvalue weighted by atomic mass is 16.6. The third-order valence-corrected chi connectivity index (χ3v) is 5.24. The van der Waals surface area contributed by atoms with Crippen LogP contribution in [0.5, 0.6) is 0 Å². The van der Waals surface area contributed by atoms with Gasteiger partial charge in [0.2, 0.25) is 0 Å². The van der Waals surface area contributed by atoms with Gasteiger partial charge in [-0.25, -0.2) is 0 Å². The van der Waals surface area contributed by atoms with Crippen molar-refractivity contribution >= 4 is 11.9 Å². The number of carbonyl (C=O) groups is 2. The van der Waals surface area contributed by atoms with Crippen LogP contribution < -0.4 is 0 Å². The number of hydrogen-bond donors (Lipinski definition) is 0. The van der Waals surface area contributed by atoms with E-state index in [0.29, 0.717) is 12.8 Å². The van der Waals surface area contributed by atoms with Crippen molar-refractivity contribution in [2.24, 2.45) is 22.7 Å². The van der Waals surface area contributed by atoms with E-state index in [1.807, 2.05) is 6.92 Å². The SMILES string of the molecule is CC(C)(C)CC(C(=O)OC1(C)CCC2CC1OC2=O)C(C)(C)C. The lowest BCUT2D eigenvalue weighted by Gasteiger charge is -2.40. The maximum atomic E-state index is 12.9. The van der Waals surface area contributed by atoms with E-state index in [1.54, 1.807) is 0 Å². The van der Waals surface area contributed by atoms with Crippen molar-refractivity contribution in [2.45, 2.75) is 85.9 Å².